The van der Waals surface area contributed by atoms with E-state index in [0.29, 0.717) is 30.2 Å². The van der Waals surface area contributed by atoms with Crippen molar-refractivity contribution < 1.29 is 13.7 Å². The molecule has 1 aliphatic heterocycles. The lowest BCUT2D eigenvalue weighted by molar-refractivity contribution is -0.121. The van der Waals surface area contributed by atoms with E-state index in [1.165, 1.54) is 24.1 Å². The van der Waals surface area contributed by atoms with Crippen molar-refractivity contribution in [2.75, 3.05) is 18.0 Å². The summed E-state index contributed by atoms with van der Waals surface area (Å²) < 4.78 is 19.1. The van der Waals surface area contributed by atoms with Gasteiger partial charge in [0.1, 0.15) is 28.5 Å². The van der Waals surface area contributed by atoms with Gasteiger partial charge in [-0.05, 0) is 56.0 Å². The van der Waals surface area contributed by atoms with E-state index in [4.69, 9.17) is 9.51 Å². The number of halogens is 1. The van der Waals surface area contributed by atoms with Gasteiger partial charge in [0.2, 0.25) is 5.91 Å². The van der Waals surface area contributed by atoms with E-state index >= 15 is 0 Å². The molecule has 0 aliphatic carbocycles. The molecule has 7 nitrogen and oxygen atoms in total. The summed E-state index contributed by atoms with van der Waals surface area (Å²) in [5.74, 6) is 0.950. The molecule has 0 bridgehead atoms. The minimum atomic E-state index is -0.308. The Balaban J connectivity index is 1.37. The van der Waals surface area contributed by atoms with Crippen molar-refractivity contribution in [3.05, 3.63) is 71.3 Å². The fourth-order valence-corrected chi connectivity index (χ4v) is 4.35. The minimum absolute atomic E-state index is 0.0571. The quantitative estimate of drug-likeness (QED) is 0.408. The van der Waals surface area contributed by atoms with Crippen molar-refractivity contribution in [3.63, 3.8) is 0 Å². The Morgan fingerprint density at radius 2 is 1.77 bits per heavy atom. The first-order valence-corrected chi connectivity index (χ1v) is 12.1. The average Bonchev–Trinajstić information content (AvgIpc) is 3.31. The highest BCUT2D eigenvalue weighted by Gasteiger charge is 2.24. The molecule has 0 spiro atoms. The van der Waals surface area contributed by atoms with Crippen LogP contribution in [0.1, 0.15) is 42.6 Å². The predicted octanol–water partition coefficient (Wildman–Crippen LogP) is 4.97. The summed E-state index contributed by atoms with van der Waals surface area (Å²) in [5, 5.41) is 7.94. The van der Waals surface area contributed by atoms with Gasteiger partial charge in [-0.3, -0.25) is 4.79 Å². The summed E-state index contributed by atoms with van der Waals surface area (Å²) in [5.41, 5.74) is 3.98. The lowest BCUT2D eigenvalue weighted by Crippen LogP contribution is -2.30. The smallest absolute Gasteiger partial charge is 0.263 e. The number of carbonyl (C=O) groups is 1. The summed E-state index contributed by atoms with van der Waals surface area (Å²) in [6.45, 7) is 4.29. The number of aryl methyl sites for hydroxylation is 2. The minimum Gasteiger partial charge on any atom is -0.356 e. The molecule has 1 N–H and O–H groups in total. The van der Waals surface area contributed by atoms with Gasteiger partial charge >= 0.3 is 0 Å². The summed E-state index contributed by atoms with van der Waals surface area (Å²) >= 11 is 0. The first-order chi connectivity index (χ1) is 17.1. The maximum Gasteiger partial charge on any atom is 0.263 e. The Hall–Kier alpha value is -3.81. The van der Waals surface area contributed by atoms with Crippen molar-refractivity contribution in [1.29, 1.82) is 0 Å². The second kappa shape index (κ2) is 10.2. The summed E-state index contributed by atoms with van der Waals surface area (Å²) in [6.07, 6.45) is 4.02. The van der Waals surface area contributed by atoms with Crippen LogP contribution in [0, 0.1) is 12.7 Å². The van der Waals surface area contributed by atoms with Gasteiger partial charge in [-0.1, -0.05) is 35.0 Å². The van der Waals surface area contributed by atoms with Gasteiger partial charge in [0, 0.05) is 38.0 Å². The van der Waals surface area contributed by atoms with Crippen LogP contribution in [0.4, 0.5) is 10.2 Å². The lowest BCUT2D eigenvalue weighted by Gasteiger charge is -2.28. The zero-order valence-electron chi connectivity index (χ0n) is 19.8. The summed E-state index contributed by atoms with van der Waals surface area (Å²) in [4.78, 5) is 24.1. The van der Waals surface area contributed by atoms with Gasteiger partial charge in [-0.25, -0.2) is 9.37 Å². The van der Waals surface area contributed by atoms with Gasteiger partial charge in [-0.2, -0.15) is 4.98 Å². The second-order valence-electron chi connectivity index (χ2n) is 8.99. The van der Waals surface area contributed by atoms with E-state index in [1.807, 2.05) is 31.2 Å². The number of amides is 1. The molecule has 1 aliphatic rings. The first kappa shape index (κ1) is 23.0. The fraction of sp³-hybridized carbons (Fsp3) is 0.333. The van der Waals surface area contributed by atoms with Crippen LogP contribution in [-0.4, -0.2) is 34.1 Å². The number of hydrogen-bond donors (Lipinski definition) is 1. The van der Waals surface area contributed by atoms with Crippen molar-refractivity contribution >= 4 is 22.8 Å². The molecule has 1 saturated heterocycles. The topological polar surface area (TPSA) is 84.2 Å². The third-order valence-electron chi connectivity index (χ3n) is 6.32. The molecule has 2 aromatic heterocycles. The van der Waals surface area contributed by atoms with Crippen molar-refractivity contribution in [2.24, 2.45) is 0 Å². The van der Waals surface area contributed by atoms with Gasteiger partial charge in [0.25, 0.3) is 5.71 Å². The molecule has 1 amide bonds. The molecule has 0 saturated carbocycles. The van der Waals surface area contributed by atoms with Crippen molar-refractivity contribution in [2.45, 2.75) is 45.6 Å². The van der Waals surface area contributed by atoms with E-state index in [2.05, 4.69) is 20.4 Å². The number of nitrogens with zero attached hydrogens (tertiary/aromatic N) is 4. The molecule has 180 valence electrons. The highest BCUT2D eigenvalue weighted by Crippen LogP contribution is 2.35. The predicted molar refractivity (Wildman–Crippen MR) is 132 cm³/mol. The maximum atomic E-state index is 13.5. The Kier molecular flexibility index (Phi) is 6.70. The monoisotopic (exact) mass is 473 g/mol. The molecule has 3 heterocycles. The number of nitrogens with one attached hydrogen (secondary N) is 1. The number of hydrogen-bond acceptors (Lipinski definition) is 6. The first-order valence-electron chi connectivity index (χ1n) is 12.1. The van der Waals surface area contributed by atoms with E-state index < -0.39 is 0 Å². The molecule has 4 aromatic rings. The molecule has 5 rings (SSSR count). The molecular weight excluding hydrogens is 445 g/mol. The Bertz CT molecular complexity index is 1310. The zero-order valence-corrected chi connectivity index (χ0v) is 19.8. The number of aromatic nitrogens is 3. The van der Waals surface area contributed by atoms with Crippen LogP contribution in [0.15, 0.2) is 53.1 Å². The zero-order chi connectivity index (χ0) is 24.2. The molecule has 0 radical (unpaired) electrons. The Morgan fingerprint density at radius 3 is 2.51 bits per heavy atom. The van der Waals surface area contributed by atoms with E-state index in [-0.39, 0.29) is 18.1 Å². The van der Waals surface area contributed by atoms with Gasteiger partial charge in [-0.15, -0.1) is 0 Å². The highest BCUT2D eigenvalue weighted by atomic mass is 19.1. The average molecular weight is 474 g/mol. The Morgan fingerprint density at radius 1 is 1.03 bits per heavy atom. The molecule has 0 unspecified atom stereocenters. The lowest BCUT2D eigenvalue weighted by atomic mass is 10.1. The molecule has 35 heavy (non-hydrogen) atoms. The fourth-order valence-electron chi connectivity index (χ4n) is 4.35. The van der Waals surface area contributed by atoms with Gasteiger partial charge in [0.05, 0.1) is 0 Å². The number of carbonyl (C=O) groups excluding carboxylic acids is 1. The van der Waals surface area contributed by atoms with Gasteiger partial charge < -0.3 is 14.7 Å². The molecule has 1 fully saturated rings. The summed E-state index contributed by atoms with van der Waals surface area (Å²) in [6, 6.07) is 14.3. The number of benzene rings is 2. The van der Waals surface area contributed by atoms with Crippen LogP contribution in [0.3, 0.4) is 0 Å². The van der Waals surface area contributed by atoms with Crippen LogP contribution in [0.25, 0.3) is 22.4 Å². The third-order valence-corrected chi connectivity index (χ3v) is 6.32. The standard InChI is InChI=1S/C27H28FN5O2/c1-18-5-7-19(8-6-18)17-29-23(34)14-13-22-30-26(33-15-3-2-4-16-33)24-25(32-35-27(24)31-22)20-9-11-21(28)12-10-20/h5-12H,2-4,13-17H2,1H3,(H,29,34). The molecule has 2 aromatic carbocycles. The molecular formula is C27H28FN5O2. The van der Waals surface area contributed by atoms with Crippen LogP contribution in [0.5, 0.6) is 0 Å². The Labute approximate surface area is 203 Å². The van der Waals surface area contributed by atoms with E-state index in [9.17, 15) is 9.18 Å². The van der Waals surface area contributed by atoms with Gasteiger partial charge in [0.15, 0.2) is 0 Å². The number of rotatable bonds is 7. The van der Waals surface area contributed by atoms with Crippen LogP contribution < -0.4 is 10.2 Å². The van der Waals surface area contributed by atoms with E-state index in [0.717, 1.165) is 48.3 Å². The van der Waals surface area contributed by atoms with Crippen LogP contribution >= 0.6 is 0 Å². The van der Waals surface area contributed by atoms with Crippen LogP contribution in [-0.2, 0) is 17.8 Å². The number of piperidine rings is 1. The third kappa shape index (κ3) is 5.31. The largest absolute Gasteiger partial charge is 0.356 e. The van der Waals surface area contributed by atoms with E-state index in [1.54, 1.807) is 12.1 Å². The SMILES string of the molecule is Cc1ccc(CNC(=O)CCc2nc(N3CCCCC3)c3c(-c4ccc(F)cc4)noc3n2)cc1. The molecule has 0 atom stereocenters. The number of fused-ring (bicyclic) bond motifs is 1. The summed E-state index contributed by atoms with van der Waals surface area (Å²) in [7, 11) is 0. The highest BCUT2D eigenvalue weighted by molar-refractivity contribution is 5.98. The maximum absolute atomic E-state index is 13.5. The van der Waals surface area contributed by atoms with Crippen LogP contribution in [0.2, 0.25) is 0 Å². The normalized spacial score (nSPS) is 13.8. The number of anilines is 1. The van der Waals surface area contributed by atoms with Crippen molar-refractivity contribution in [3.8, 4) is 11.3 Å². The van der Waals surface area contributed by atoms with Crippen molar-refractivity contribution in [1.82, 2.24) is 20.4 Å². The molecule has 8 heteroatoms. The second-order valence-corrected chi connectivity index (χ2v) is 8.99.